The van der Waals surface area contributed by atoms with Gasteiger partial charge in [-0.05, 0) is 45.3 Å². The van der Waals surface area contributed by atoms with Crippen molar-refractivity contribution in [1.82, 2.24) is 0 Å². The van der Waals surface area contributed by atoms with Crippen LogP contribution < -0.4 is 9.47 Å². The van der Waals surface area contributed by atoms with Gasteiger partial charge in [-0.1, -0.05) is 30.3 Å². The van der Waals surface area contributed by atoms with Crippen LogP contribution in [0.1, 0.15) is 11.1 Å². The Labute approximate surface area is 147 Å². The van der Waals surface area contributed by atoms with Crippen molar-refractivity contribution in [2.45, 2.75) is 6.61 Å². The van der Waals surface area contributed by atoms with E-state index < -0.39 is 5.97 Å². The number of nitriles is 1. The van der Waals surface area contributed by atoms with E-state index in [0.29, 0.717) is 28.1 Å². The van der Waals surface area contributed by atoms with Crippen LogP contribution in [-0.2, 0) is 11.4 Å². The van der Waals surface area contributed by atoms with Gasteiger partial charge in [-0.2, -0.15) is 5.26 Å². The molecule has 24 heavy (non-hydrogen) atoms. The number of hydrogen-bond acceptors (Lipinski definition) is 4. The summed E-state index contributed by atoms with van der Waals surface area (Å²) in [6.45, 7) is 0.365. The standard InChI is InChI=1S/C18H14BrNO4/c1-23-16-9-13(7-14(10-20)18(21)22)8-15(19)17(16)24-11-12-5-3-2-4-6-12/h2-9H,11H2,1H3,(H,21,22)/b14-7+. The molecule has 0 bridgehead atoms. The molecular formula is C18H14BrNO4. The molecule has 0 saturated heterocycles. The highest BCUT2D eigenvalue weighted by molar-refractivity contribution is 9.10. The topological polar surface area (TPSA) is 79.5 Å². The summed E-state index contributed by atoms with van der Waals surface area (Å²) < 4.78 is 11.7. The van der Waals surface area contributed by atoms with Crippen molar-refractivity contribution in [1.29, 1.82) is 5.26 Å². The van der Waals surface area contributed by atoms with Gasteiger partial charge in [-0.3, -0.25) is 0 Å². The summed E-state index contributed by atoms with van der Waals surface area (Å²) in [6, 6.07) is 14.6. The number of carboxylic acids is 1. The summed E-state index contributed by atoms with van der Waals surface area (Å²) in [6.07, 6.45) is 1.27. The molecule has 0 aliphatic heterocycles. The van der Waals surface area contributed by atoms with Crippen molar-refractivity contribution in [2.75, 3.05) is 7.11 Å². The third-order valence-electron chi connectivity index (χ3n) is 3.14. The highest BCUT2D eigenvalue weighted by Gasteiger charge is 2.13. The Hall–Kier alpha value is -2.78. The number of ether oxygens (including phenoxy) is 2. The molecule has 0 unspecified atom stereocenters. The SMILES string of the molecule is COc1cc(/C=C(\C#N)C(=O)O)cc(Br)c1OCc1ccccc1. The predicted molar refractivity (Wildman–Crippen MR) is 92.7 cm³/mol. The van der Waals surface area contributed by atoms with E-state index in [1.54, 1.807) is 18.2 Å². The number of carbonyl (C=O) groups is 1. The zero-order valence-corrected chi connectivity index (χ0v) is 14.4. The molecule has 0 aliphatic carbocycles. The highest BCUT2D eigenvalue weighted by Crippen LogP contribution is 2.37. The Balaban J connectivity index is 2.31. The van der Waals surface area contributed by atoms with Gasteiger partial charge in [-0.25, -0.2) is 4.79 Å². The van der Waals surface area contributed by atoms with Crippen LogP contribution in [0.3, 0.4) is 0 Å². The van der Waals surface area contributed by atoms with Gasteiger partial charge in [0.1, 0.15) is 18.2 Å². The normalized spacial score (nSPS) is 10.8. The fraction of sp³-hybridized carbons (Fsp3) is 0.111. The average Bonchev–Trinajstić information content (AvgIpc) is 2.58. The Morgan fingerprint density at radius 2 is 2.04 bits per heavy atom. The summed E-state index contributed by atoms with van der Waals surface area (Å²) >= 11 is 3.40. The maximum absolute atomic E-state index is 10.9. The number of halogens is 1. The number of methoxy groups -OCH3 is 1. The molecule has 0 saturated carbocycles. The van der Waals surface area contributed by atoms with Crippen LogP contribution in [-0.4, -0.2) is 18.2 Å². The summed E-state index contributed by atoms with van der Waals surface area (Å²) in [5.41, 5.74) is 1.17. The molecule has 6 heteroatoms. The summed E-state index contributed by atoms with van der Waals surface area (Å²) in [7, 11) is 1.49. The van der Waals surface area contributed by atoms with Crippen LogP contribution in [0.5, 0.6) is 11.5 Å². The molecule has 2 rings (SSSR count). The maximum Gasteiger partial charge on any atom is 0.346 e. The van der Waals surface area contributed by atoms with Gasteiger partial charge in [-0.15, -0.1) is 0 Å². The molecule has 2 aromatic rings. The minimum absolute atomic E-state index is 0.359. The van der Waals surface area contributed by atoms with Crippen LogP contribution in [0.15, 0.2) is 52.5 Å². The third-order valence-corrected chi connectivity index (χ3v) is 3.73. The third kappa shape index (κ3) is 4.37. The fourth-order valence-corrected chi connectivity index (χ4v) is 2.58. The van der Waals surface area contributed by atoms with E-state index in [1.165, 1.54) is 13.2 Å². The largest absolute Gasteiger partial charge is 0.493 e. The lowest BCUT2D eigenvalue weighted by Gasteiger charge is -2.13. The monoisotopic (exact) mass is 387 g/mol. The number of nitrogens with zero attached hydrogens (tertiary/aromatic N) is 1. The predicted octanol–water partition coefficient (Wildman–Crippen LogP) is 4.03. The summed E-state index contributed by atoms with van der Waals surface area (Å²) in [5, 5.41) is 17.8. The van der Waals surface area contributed by atoms with E-state index in [4.69, 9.17) is 19.8 Å². The fourth-order valence-electron chi connectivity index (χ4n) is 2.00. The van der Waals surface area contributed by atoms with Gasteiger partial charge in [0.25, 0.3) is 0 Å². The van der Waals surface area contributed by atoms with E-state index in [-0.39, 0.29) is 5.57 Å². The molecule has 0 spiro atoms. The number of hydrogen-bond donors (Lipinski definition) is 1. The summed E-state index contributed by atoms with van der Waals surface area (Å²) in [4.78, 5) is 10.9. The first-order valence-corrected chi connectivity index (χ1v) is 7.73. The molecule has 0 aromatic heterocycles. The van der Waals surface area contributed by atoms with E-state index in [1.807, 2.05) is 30.3 Å². The molecular weight excluding hydrogens is 374 g/mol. The number of aliphatic carboxylic acids is 1. The van der Waals surface area contributed by atoms with Crippen LogP contribution in [0.25, 0.3) is 6.08 Å². The average molecular weight is 388 g/mol. The molecule has 1 N–H and O–H groups in total. The lowest BCUT2D eigenvalue weighted by atomic mass is 10.1. The molecule has 0 aliphatic rings. The van der Waals surface area contributed by atoms with Crippen LogP contribution >= 0.6 is 15.9 Å². The first-order valence-electron chi connectivity index (χ1n) is 6.94. The van der Waals surface area contributed by atoms with Crippen molar-refractivity contribution >= 4 is 28.0 Å². The molecule has 0 radical (unpaired) electrons. The lowest BCUT2D eigenvalue weighted by molar-refractivity contribution is -0.132. The highest BCUT2D eigenvalue weighted by atomic mass is 79.9. The molecule has 5 nitrogen and oxygen atoms in total. The molecule has 0 heterocycles. The molecule has 0 amide bonds. The van der Waals surface area contributed by atoms with Crippen molar-refractivity contribution < 1.29 is 19.4 Å². The van der Waals surface area contributed by atoms with Gasteiger partial charge >= 0.3 is 5.97 Å². The first-order chi connectivity index (χ1) is 11.5. The molecule has 0 fully saturated rings. The second-order valence-corrected chi connectivity index (χ2v) is 5.64. The maximum atomic E-state index is 10.9. The Morgan fingerprint density at radius 1 is 1.33 bits per heavy atom. The van der Waals surface area contributed by atoms with Gasteiger partial charge in [0.15, 0.2) is 11.5 Å². The molecule has 0 atom stereocenters. The van der Waals surface area contributed by atoms with Crippen LogP contribution in [0.2, 0.25) is 0 Å². The van der Waals surface area contributed by atoms with E-state index >= 15 is 0 Å². The van der Waals surface area contributed by atoms with Gasteiger partial charge in [0.2, 0.25) is 0 Å². The zero-order chi connectivity index (χ0) is 17.5. The Bertz CT molecular complexity index is 810. The van der Waals surface area contributed by atoms with Crippen LogP contribution in [0.4, 0.5) is 0 Å². The smallest absolute Gasteiger partial charge is 0.346 e. The van der Waals surface area contributed by atoms with Gasteiger partial charge in [0, 0.05) is 0 Å². The second kappa shape index (κ2) is 8.18. The van der Waals surface area contributed by atoms with Crippen LogP contribution in [0, 0.1) is 11.3 Å². The Morgan fingerprint density at radius 3 is 2.62 bits per heavy atom. The number of rotatable bonds is 6. The minimum Gasteiger partial charge on any atom is -0.493 e. The molecule has 2 aromatic carbocycles. The van der Waals surface area contributed by atoms with E-state index in [0.717, 1.165) is 5.56 Å². The quantitative estimate of drug-likeness (QED) is 0.597. The van der Waals surface area contributed by atoms with Crippen molar-refractivity contribution in [3.05, 3.63) is 63.6 Å². The summed E-state index contributed by atoms with van der Waals surface area (Å²) in [5.74, 6) is -0.335. The minimum atomic E-state index is -1.28. The second-order valence-electron chi connectivity index (χ2n) is 4.78. The van der Waals surface area contributed by atoms with E-state index in [9.17, 15) is 4.79 Å². The Kier molecular flexibility index (Phi) is 5.99. The molecule has 122 valence electrons. The van der Waals surface area contributed by atoms with Crippen molar-refractivity contribution in [3.8, 4) is 17.6 Å². The lowest BCUT2D eigenvalue weighted by Crippen LogP contribution is -2.00. The first kappa shape index (κ1) is 17.6. The van der Waals surface area contributed by atoms with Gasteiger partial charge in [0.05, 0.1) is 11.6 Å². The number of benzene rings is 2. The van der Waals surface area contributed by atoms with E-state index in [2.05, 4.69) is 15.9 Å². The van der Waals surface area contributed by atoms with Gasteiger partial charge < -0.3 is 14.6 Å². The van der Waals surface area contributed by atoms with Crippen molar-refractivity contribution in [3.63, 3.8) is 0 Å². The zero-order valence-electron chi connectivity index (χ0n) is 12.8. The van der Waals surface area contributed by atoms with Crippen molar-refractivity contribution in [2.24, 2.45) is 0 Å². The number of carboxylic acid groups (broad SMARTS) is 1.